The average Bonchev–Trinajstić information content (AvgIpc) is 2.18. The Kier molecular flexibility index (Phi) is 2.20. The average molecular weight is 197 g/mol. The molecule has 2 rings (SSSR count). The fourth-order valence-corrected chi connectivity index (χ4v) is 1.44. The van der Waals surface area contributed by atoms with Crippen LogP contribution in [0.25, 0.3) is 0 Å². The smallest absolute Gasteiger partial charge is 0.175 e. The molecule has 0 saturated heterocycles. The van der Waals surface area contributed by atoms with Gasteiger partial charge in [-0.1, -0.05) is 18.2 Å². The van der Waals surface area contributed by atoms with Crippen LogP contribution in [-0.2, 0) is 0 Å². The summed E-state index contributed by atoms with van der Waals surface area (Å²) in [7, 11) is 0. The zero-order chi connectivity index (χ0) is 9.26. The molecular formula is C9H9ClN2O. The first-order valence-corrected chi connectivity index (χ1v) is 4.51. The highest BCUT2D eigenvalue weighted by atomic mass is 35.5. The minimum atomic E-state index is -0.786. The Morgan fingerprint density at radius 2 is 2.23 bits per heavy atom. The molecule has 0 spiro atoms. The van der Waals surface area contributed by atoms with E-state index in [1.165, 1.54) is 0 Å². The number of rotatable bonds is 1. The highest BCUT2D eigenvalue weighted by molar-refractivity contribution is 6.30. The van der Waals surface area contributed by atoms with Crippen molar-refractivity contribution in [1.29, 1.82) is 0 Å². The molecule has 1 aromatic rings. The van der Waals surface area contributed by atoms with Gasteiger partial charge in [0, 0.05) is 11.3 Å². The van der Waals surface area contributed by atoms with Gasteiger partial charge in [0.05, 0.1) is 5.88 Å². The Morgan fingerprint density at radius 3 is 3.00 bits per heavy atom. The van der Waals surface area contributed by atoms with Crippen LogP contribution in [-0.4, -0.2) is 16.8 Å². The lowest BCUT2D eigenvalue weighted by Crippen LogP contribution is -2.21. The van der Waals surface area contributed by atoms with Gasteiger partial charge in [0.2, 0.25) is 0 Å². The van der Waals surface area contributed by atoms with Crippen LogP contribution in [0.15, 0.2) is 29.3 Å². The van der Waals surface area contributed by atoms with Crippen LogP contribution in [0.4, 0.5) is 5.69 Å². The first kappa shape index (κ1) is 8.53. The van der Waals surface area contributed by atoms with Gasteiger partial charge < -0.3 is 10.4 Å². The van der Waals surface area contributed by atoms with Crippen LogP contribution >= 0.6 is 11.6 Å². The normalized spacial score (nSPS) is 20.2. The lowest BCUT2D eigenvalue weighted by Gasteiger charge is -2.20. The summed E-state index contributed by atoms with van der Waals surface area (Å²) in [6.07, 6.45) is -0.786. The van der Waals surface area contributed by atoms with Gasteiger partial charge in [-0.05, 0) is 6.07 Å². The van der Waals surface area contributed by atoms with Crippen LogP contribution in [0.2, 0.25) is 0 Å². The van der Waals surface area contributed by atoms with Crippen LogP contribution < -0.4 is 5.32 Å². The summed E-state index contributed by atoms with van der Waals surface area (Å²) in [6.45, 7) is 0. The van der Waals surface area contributed by atoms with Gasteiger partial charge >= 0.3 is 0 Å². The molecule has 0 bridgehead atoms. The first-order chi connectivity index (χ1) is 6.31. The number of hydrogen-bond acceptors (Lipinski definition) is 3. The van der Waals surface area contributed by atoms with Gasteiger partial charge in [-0.3, -0.25) is 0 Å². The van der Waals surface area contributed by atoms with Gasteiger partial charge in [0.15, 0.2) is 6.23 Å². The van der Waals surface area contributed by atoms with Crippen LogP contribution in [0.1, 0.15) is 11.8 Å². The maximum absolute atomic E-state index is 9.58. The predicted molar refractivity (Wildman–Crippen MR) is 53.2 cm³/mol. The fourth-order valence-electron chi connectivity index (χ4n) is 1.31. The molecule has 0 amide bonds. The molecule has 0 aromatic heterocycles. The molecular weight excluding hydrogens is 188 g/mol. The molecule has 0 saturated carbocycles. The first-order valence-electron chi connectivity index (χ1n) is 3.98. The second kappa shape index (κ2) is 3.36. The monoisotopic (exact) mass is 196 g/mol. The van der Waals surface area contributed by atoms with E-state index in [2.05, 4.69) is 10.3 Å². The summed E-state index contributed by atoms with van der Waals surface area (Å²) in [5.41, 5.74) is 1.66. The van der Waals surface area contributed by atoms with E-state index in [1.54, 1.807) is 0 Å². The number of aliphatic hydroxyl groups excluding tert-OH is 1. The van der Waals surface area contributed by atoms with Gasteiger partial charge in [0.1, 0.15) is 5.84 Å². The summed E-state index contributed by atoms with van der Waals surface area (Å²) < 4.78 is 0. The third-order valence-corrected chi connectivity index (χ3v) is 2.18. The maximum atomic E-state index is 9.58. The number of amidine groups is 1. The van der Waals surface area contributed by atoms with Gasteiger partial charge in [0.25, 0.3) is 0 Å². The number of aliphatic imine (C=N–C) groups is 1. The molecule has 1 unspecified atom stereocenters. The Balaban J connectivity index is 2.40. The Labute approximate surface area is 81.1 Å². The Morgan fingerprint density at radius 1 is 1.46 bits per heavy atom. The molecule has 1 aliphatic rings. The number of aliphatic hydroxyl groups is 1. The van der Waals surface area contributed by atoms with Crippen molar-refractivity contribution in [2.45, 2.75) is 6.23 Å². The van der Waals surface area contributed by atoms with Crippen molar-refractivity contribution >= 4 is 23.1 Å². The second-order valence-corrected chi connectivity index (χ2v) is 3.06. The van der Waals surface area contributed by atoms with Crippen molar-refractivity contribution in [3.8, 4) is 0 Å². The Hall–Kier alpha value is -1.06. The zero-order valence-corrected chi connectivity index (χ0v) is 7.62. The summed E-state index contributed by atoms with van der Waals surface area (Å²) in [6, 6.07) is 7.49. The molecule has 13 heavy (non-hydrogen) atoms. The van der Waals surface area contributed by atoms with Gasteiger partial charge in [-0.2, -0.15) is 0 Å². The van der Waals surface area contributed by atoms with Crippen LogP contribution in [0.5, 0.6) is 0 Å². The minimum Gasteiger partial charge on any atom is -0.368 e. The SMILES string of the molecule is OC1N=C(CCl)Nc2ccccc21. The molecule has 1 atom stereocenters. The van der Waals surface area contributed by atoms with Crippen molar-refractivity contribution in [2.24, 2.45) is 4.99 Å². The molecule has 0 fully saturated rings. The molecule has 0 radical (unpaired) electrons. The van der Waals surface area contributed by atoms with E-state index in [1.807, 2.05) is 24.3 Å². The summed E-state index contributed by atoms with van der Waals surface area (Å²) in [5.74, 6) is 0.888. The highest BCUT2D eigenvalue weighted by Gasteiger charge is 2.17. The molecule has 4 heteroatoms. The van der Waals surface area contributed by atoms with Gasteiger partial charge in [-0.15, -0.1) is 11.6 Å². The number of alkyl halides is 1. The number of fused-ring (bicyclic) bond motifs is 1. The lowest BCUT2D eigenvalue weighted by atomic mass is 10.1. The number of benzene rings is 1. The van der Waals surface area contributed by atoms with Gasteiger partial charge in [-0.25, -0.2) is 4.99 Å². The van der Waals surface area contributed by atoms with Crippen molar-refractivity contribution < 1.29 is 5.11 Å². The molecule has 1 heterocycles. The van der Waals surface area contributed by atoms with Crippen LogP contribution in [0, 0.1) is 0 Å². The lowest BCUT2D eigenvalue weighted by molar-refractivity contribution is 0.188. The maximum Gasteiger partial charge on any atom is 0.175 e. The second-order valence-electron chi connectivity index (χ2n) is 2.80. The molecule has 3 nitrogen and oxygen atoms in total. The quantitative estimate of drug-likeness (QED) is 0.672. The number of anilines is 1. The highest BCUT2D eigenvalue weighted by Crippen LogP contribution is 2.27. The number of hydrogen-bond donors (Lipinski definition) is 2. The van der Waals surface area contributed by atoms with E-state index in [9.17, 15) is 5.11 Å². The number of para-hydroxylation sites is 1. The standard InChI is InChI=1S/C9H9ClN2O/c10-5-8-11-7-4-2-1-3-6(7)9(13)12-8/h1-4,9,13H,5H2,(H,11,12). The Bertz CT molecular complexity index is 351. The van der Waals surface area contributed by atoms with Crippen LogP contribution in [0.3, 0.4) is 0 Å². The number of halogens is 1. The number of nitrogens with zero attached hydrogens (tertiary/aromatic N) is 1. The van der Waals surface area contributed by atoms with E-state index in [0.29, 0.717) is 5.84 Å². The molecule has 68 valence electrons. The van der Waals surface area contributed by atoms with E-state index < -0.39 is 6.23 Å². The largest absolute Gasteiger partial charge is 0.368 e. The van der Waals surface area contributed by atoms with E-state index in [0.717, 1.165) is 11.3 Å². The summed E-state index contributed by atoms with van der Waals surface area (Å²) in [5, 5.41) is 12.6. The van der Waals surface area contributed by atoms with E-state index in [4.69, 9.17) is 11.6 Å². The molecule has 0 aliphatic carbocycles. The third-order valence-electron chi connectivity index (χ3n) is 1.92. The molecule has 1 aliphatic heterocycles. The topological polar surface area (TPSA) is 44.6 Å². The third kappa shape index (κ3) is 1.53. The van der Waals surface area contributed by atoms with E-state index >= 15 is 0 Å². The number of nitrogens with one attached hydrogen (secondary N) is 1. The zero-order valence-electron chi connectivity index (χ0n) is 6.87. The van der Waals surface area contributed by atoms with Crippen molar-refractivity contribution in [3.05, 3.63) is 29.8 Å². The van der Waals surface area contributed by atoms with E-state index in [-0.39, 0.29) is 5.88 Å². The predicted octanol–water partition coefficient (Wildman–Crippen LogP) is 1.74. The molecule has 2 N–H and O–H groups in total. The fraction of sp³-hybridized carbons (Fsp3) is 0.222. The summed E-state index contributed by atoms with van der Waals surface area (Å²) >= 11 is 5.61. The molecule has 1 aromatic carbocycles. The van der Waals surface area contributed by atoms with Crippen molar-refractivity contribution in [2.75, 3.05) is 11.2 Å². The summed E-state index contributed by atoms with van der Waals surface area (Å²) in [4.78, 5) is 3.97. The minimum absolute atomic E-state index is 0.283. The van der Waals surface area contributed by atoms with Crippen molar-refractivity contribution in [1.82, 2.24) is 0 Å². The van der Waals surface area contributed by atoms with Crippen molar-refractivity contribution in [3.63, 3.8) is 0 Å².